The third-order valence-corrected chi connectivity index (χ3v) is 3.07. The van der Waals surface area contributed by atoms with Crippen molar-refractivity contribution in [3.05, 3.63) is 60.2 Å². The van der Waals surface area contributed by atoms with Gasteiger partial charge in [-0.15, -0.1) is 11.6 Å². The summed E-state index contributed by atoms with van der Waals surface area (Å²) < 4.78 is 14.9. The Kier molecular flexibility index (Phi) is 2.76. The number of hydrogen-bond acceptors (Lipinski definition) is 1. The van der Waals surface area contributed by atoms with Crippen LogP contribution in [0.5, 0.6) is 0 Å². The molecule has 0 spiro atoms. The van der Waals surface area contributed by atoms with E-state index >= 15 is 0 Å². The van der Waals surface area contributed by atoms with Crippen LogP contribution in [0.3, 0.4) is 0 Å². The fraction of sp³-hybridized carbons (Fsp3) is 0.0714. The smallest absolute Gasteiger partial charge is 0.129 e. The van der Waals surface area contributed by atoms with E-state index in [4.69, 9.17) is 11.6 Å². The van der Waals surface area contributed by atoms with Crippen LogP contribution in [-0.4, -0.2) is 9.55 Å². The van der Waals surface area contributed by atoms with Crippen molar-refractivity contribution >= 4 is 22.6 Å². The Morgan fingerprint density at radius 1 is 1.06 bits per heavy atom. The maximum absolute atomic E-state index is 13.0. The number of halogens is 2. The van der Waals surface area contributed by atoms with E-state index in [9.17, 15) is 4.39 Å². The van der Waals surface area contributed by atoms with E-state index in [0.717, 1.165) is 22.5 Å². The van der Waals surface area contributed by atoms with Crippen molar-refractivity contribution in [1.29, 1.82) is 0 Å². The highest BCUT2D eigenvalue weighted by Gasteiger charge is 2.10. The Labute approximate surface area is 109 Å². The highest BCUT2D eigenvalue weighted by molar-refractivity contribution is 6.17. The fourth-order valence-electron chi connectivity index (χ4n) is 2.04. The van der Waals surface area contributed by atoms with Crippen LogP contribution in [0.4, 0.5) is 4.39 Å². The number of benzene rings is 2. The zero-order chi connectivity index (χ0) is 12.5. The third-order valence-electron chi connectivity index (χ3n) is 2.83. The van der Waals surface area contributed by atoms with Gasteiger partial charge in [-0.2, -0.15) is 0 Å². The summed E-state index contributed by atoms with van der Waals surface area (Å²) in [6, 6.07) is 14.1. The summed E-state index contributed by atoms with van der Waals surface area (Å²) in [4.78, 5) is 4.47. The Hall–Kier alpha value is -1.87. The van der Waals surface area contributed by atoms with Crippen LogP contribution >= 0.6 is 11.6 Å². The van der Waals surface area contributed by atoms with E-state index in [-0.39, 0.29) is 5.82 Å². The number of hydrogen-bond donors (Lipinski definition) is 0. The minimum atomic E-state index is -0.254. The van der Waals surface area contributed by atoms with E-state index in [1.54, 1.807) is 12.1 Å². The molecule has 0 saturated carbocycles. The summed E-state index contributed by atoms with van der Waals surface area (Å²) in [5.74, 6) is 0.812. The maximum atomic E-state index is 13.0. The summed E-state index contributed by atoms with van der Waals surface area (Å²) in [5, 5.41) is 0. The average molecular weight is 261 g/mol. The molecule has 2 nitrogen and oxygen atoms in total. The summed E-state index contributed by atoms with van der Waals surface area (Å²) in [6.45, 7) is 0. The lowest BCUT2D eigenvalue weighted by atomic mass is 10.2. The number of imidazole rings is 1. The average Bonchev–Trinajstić information content (AvgIpc) is 2.78. The summed E-state index contributed by atoms with van der Waals surface area (Å²) in [7, 11) is 0. The predicted molar refractivity (Wildman–Crippen MR) is 70.6 cm³/mol. The monoisotopic (exact) mass is 260 g/mol. The first-order valence-electron chi connectivity index (χ1n) is 5.58. The molecule has 0 saturated heterocycles. The molecule has 0 unspecified atom stereocenters. The Morgan fingerprint density at radius 3 is 2.50 bits per heavy atom. The molecule has 0 radical (unpaired) electrons. The zero-order valence-electron chi connectivity index (χ0n) is 9.48. The first-order valence-corrected chi connectivity index (χ1v) is 6.11. The first kappa shape index (κ1) is 11.2. The van der Waals surface area contributed by atoms with Gasteiger partial charge in [-0.25, -0.2) is 9.37 Å². The van der Waals surface area contributed by atoms with E-state index in [1.807, 2.05) is 28.8 Å². The van der Waals surface area contributed by atoms with Gasteiger partial charge >= 0.3 is 0 Å². The Bertz CT molecular complexity index is 689. The van der Waals surface area contributed by atoms with Gasteiger partial charge in [0.15, 0.2) is 0 Å². The van der Waals surface area contributed by atoms with Crippen LogP contribution in [-0.2, 0) is 5.88 Å². The number of nitrogens with zero attached hydrogens (tertiary/aromatic N) is 2. The normalized spacial score (nSPS) is 11.0. The van der Waals surface area contributed by atoms with Gasteiger partial charge in [0.05, 0.1) is 16.9 Å². The molecular formula is C14H10ClFN2. The molecule has 1 aromatic heterocycles. The zero-order valence-corrected chi connectivity index (χ0v) is 10.2. The highest BCUT2D eigenvalue weighted by atomic mass is 35.5. The molecule has 0 amide bonds. The van der Waals surface area contributed by atoms with Gasteiger partial charge < -0.3 is 0 Å². The quantitative estimate of drug-likeness (QED) is 0.639. The van der Waals surface area contributed by atoms with Crippen LogP contribution < -0.4 is 0 Å². The maximum Gasteiger partial charge on any atom is 0.129 e. The number of aromatic nitrogens is 2. The molecule has 3 aromatic rings. The number of alkyl halides is 1. The Balaban J connectivity index is 2.29. The van der Waals surface area contributed by atoms with Crippen LogP contribution in [0.25, 0.3) is 16.7 Å². The highest BCUT2D eigenvalue weighted by Crippen LogP contribution is 2.22. The summed E-state index contributed by atoms with van der Waals surface area (Å²) in [5.41, 5.74) is 2.72. The summed E-state index contributed by atoms with van der Waals surface area (Å²) in [6.07, 6.45) is 0. The van der Waals surface area contributed by atoms with Gasteiger partial charge in [-0.1, -0.05) is 12.1 Å². The molecule has 0 bridgehead atoms. The molecule has 0 atom stereocenters. The van der Waals surface area contributed by atoms with Gasteiger partial charge in [-0.3, -0.25) is 4.57 Å². The van der Waals surface area contributed by atoms with Crippen molar-refractivity contribution in [3.8, 4) is 5.69 Å². The lowest BCUT2D eigenvalue weighted by Crippen LogP contribution is -1.99. The molecular weight excluding hydrogens is 251 g/mol. The van der Waals surface area contributed by atoms with Gasteiger partial charge in [0, 0.05) is 5.69 Å². The van der Waals surface area contributed by atoms with E-state index in [2.05, 4.69) is 4.98 Å². The van der Waals surface area contributed by atoms with Gasteiger partial charge in [0.25, 0.3) is 0 Å². The number of fused-ring (bicyclic) bond motifs is 1. The lowest BCUT2D eigenvalue weighted by Gasteiger charge is -2.07. The molecule has 0 N–H and O–H groups in total. The topological polar surface area (TPSA) is 17.8 Å². The second kappa shape index (κ2) is 4.42. The molecule has 3 rings (SSSR count). The van der Waals surface area contributed by atoms with Crippen molar-refractivity contribution in [3.63, 3.8) is 0 Å². The van der Waals surface area contributed by atoms with Crippen molar-refractivity contribution in [2.75, 3.05) is 0 Å². The van der Waals surface area contributed by atoms with E-state index < -0.39 is 0 Å². The molecule has 0 aliphatic carbocycles. The second-order valence-corrected chi connectivity index (χ2v) is 4.23. The Morgan fingerprint density at radius 2 is 1.78 bits per heavy atom. The predicted octanol–water partition coefficient (Wildman–Crippen LogP) is 3.90. The van der Waals surface area contributed by atoms with Crippen molar-refractivity contribution < 1.29 is 4.39 Å². The fourth-order valence-corrected chi connectivity index (χ4v) is 2.22. The SMILES string of the molecule is Fc1ccc(-n2c(CCl)nc3ccccc32)cc1. The molecule has 18 heavy (non-hydrogen) atoms. The minimum absolute atomic E-state index is 0.254. The standard InChI is InChI=1S/C14H10ClFN2/c15-9-14-17-12-3-1-2-4-13(12)18(14)11-7-5-10(16)6-8-11/h1-8H,9H2. The third kappa shape index (κ3) is 1.77. The first-order chi connectivity index (χ1) is 8.79. The second-order valence-electron chi connectivity index (χ2n) is 3.96. The van der Waals surface area contributed by atoms with Gasteiger partial charge in [-0.05, 0) is 36.4 Å². The van der Waals surface area contributed by atoms with Crippen LogP contribution in [0.2, 0.25) is 0 Å². The van der Waals surface area contributed by atoms with Gasteiger partial charge in [0.1, 0.15) is 11.6 Å². The molecule has 0 aliphatic heterocycles. The van der Waals surface area contributed by atoms with E-state index in [1.165, 1.54) is 12.1 Å². The largest absolute Gasteiger partial charge is 0.295 e. The molecule has 2 aromatic carbocycles. The molecule has 90 valence electrons. The van der Waals surface area contributed by atoms with Crippen molar-refractivity contribution in [2.45, 2.75) is 5.88 Å². The minimum Gasteiger partial charge on any atom is -0.295 e. The van der Waals surface area contributed by atoms with Crippen LogP contribution in [0, 0.1) is 5.82 Å². The lowest BCUT2D eigenvalue weighted by molar-refractivity contribution is 0.627. The summed E-state index contributed by atoms with van der Waals surface area (Å²) >= 11 is 5.93. The number of para-hydroxylation sites is 2. The van der Waals surface area contributed by atoms with Crippen molar-refractivity contribution in [2.24, 2.45) is 0 Å². The van der Waals surface area contributed by atoms with Crippen LogP contribution in [0.15, 0.2) is 48.5 Å². The van der Waals surface area contributed by atoms with Crippen molar-refractivity contribution in [1.82, 2.24) is 9.55 Å². The van der Waals surface area contributed by atoms with Crippen LogP contribution in [0.1, 0.15) is 5.82 Å². The van der Waals surface area contributed by atoms with E-state index in [0.29, 0.717) is 5.88 Å². The molecule has 1 heterocycles. The number of rotatable bonds is 2. The molecule has 0 aliphatic rings. The van der Waals surface area contributed by atoms with Gasteiger partial charge in [0.2, 0.25) is 0 Å². The molecule has 0 fully saturated rings. The molecule has 4 heteroatoms.